The number of halogens is 6. The minimum absolute atomic E-state index is 0.0299. The molecule has 0 aliphatic carbocycles. The van der Waals surface area contributed by atoms with E-state index in [1.807, 2.05) is 0 Å². The number of amides is 1. The predicted molar refractivity (Wildman–Crippen MR) is 215 cm³/mol. The Labute approximate surface area is 372 Å². The highest BCUT2D eigenvalue weighted by molar-refractivity contribution is 5.95. The second-order valence-electron chi connectivity index (χ2n) is 12.4. The summed E-state index contributed by atoms with van der Waals surface area (Å²) >= 11 is 0. The Balaban J connectivity index is 0.00000108. The minimum atomic E-state index is -4.94. The number of hydrogen-bond donors (Lipinski definition) is 3. The van der Waals surface area contributed by atoms with Gasteiger partial charge in [-0.15, -0.1) is 0 Å². The van der Waals surface area contributed by atoms with Crippen LogP contribution in [-0.4, -0.2) is 138 Å². The van der Waals surface area contributed by atoms with Crippen molar-refractivity contribution in [3.63, 3.8) is 0 Å². The van der Waals surface area contributed by atoms with E-state index in [0.717, 1.165) is 0 Å². The van der Waals surface area contributed by atoms with E-state index in [-0.39, 0.29) is 82.9 Å². The first kappa shape index (κ1) is 59.5. The quantitative estimate of drug-likeness (QED) is 0.0229. The number of carbonyl (C=O) groups excluding carboxylic acids is 5. The zero-order valence-electron chi connectivity index (χ0n) is 35.5. The molecule has 2 aromatic rings. The number of rotatable bonds is 29. The summed E-state index contributed by atoms with van der Waals surface area (Å²) in [6, 6.07) is 12.1. The summed E-state index contributed by atoms with van der Waals surface area (Å²) in [6.45, 7) is 2.40. The molecule has 28 heteroatoms. The molecule has 2 unspecified atom stereocenters. The van der Waals surface area contributed by atoms with Gasteiger partial charge < -0.3 is 49.3 Å². The first-order valence-electron chi connectivity index (χ1n) is 19.2. The van der Waals surface area contributed by atoms with Gasteiger partial charge in [0.1, 0.15) is 37.9 Å². The Kier molecular flexibility index (Phi) is 30.5. The molecule has 66 heavy (non-hydrogen) atoms. The summed E-state index contributed by atoms with van der Waals surface area (Å²) in [4.78, 5) is 70.9. The number of carboxylic acid groups (broad SMARTS) is 1. The van der Waals surface area contributed by atoms with Crippen LogP contribution in [0.3, 0.4) is 0 Å². The van der Waals surface area contributed by atoms with Gasteiger partial charge >= 0.3 is 24.3 Å². The predicted octanol–water partition coefficient (Wildman–Crippen LogP) is 5.43. The van der Waals surface area contributed by atoms with Gasteiger partial charge in [-0.1, -0.05) is 22.4 Å². The molecule has 1 amide bonds. The van der Waals surface area contributed by atoms with Crippen LogP contribution in [-0.2, 0) is 42.9 Å². The molecule has 0 aliphatic rings. The summed E-state index contributed by atoms with van der Waals surface area (Å²) in [6.07, 6.45) is -12.8. The van der Waals surface area contributed by atoms with E-state index in [0.29, 0.717) is 11.3 Å². The number of azide groups is 2. The maximum Gasteiger partial charge on any atom is 0.450 e. The lowest BCUT2D eigenvalue weighted by atomic mass is 10.2. The molecule has 22 nitrogen and oxygen atoms in total. The van der Waals surface area contributed by atoms with Gasteiger partial charge in [-0.25, -0.2) is 9.59 Å². The number of nitrogens with two attached hydrogens (primary N) is 1. The van der Waals surface area contributed by atoms with Crippen molar-refractivity contribution in [2.24, 2.45) is 16.0 Å². The highest BCUT2D eigenvalue weighted by atomic mass is 19.4. The van der Waals surface area contributed by atoms with Crippen LogP contribution < -0.4 is 20.5 Å². The number of carboxylic acids is 1. The number of benzene rings is 2. The third kappa shape index (κ3) is 29.8. The minimum Gasteiger partial charge on any atom is -0.491 e. The van der Waals surface area contributed by atoms with Crippen LogP contribution in [0, 0.1) is 0 Å². The SMILES string of the molecule is CC(=O)COCCOC(COc1cccc(C(=O)NCCC(=O)C(F)(F)F)c1)N=[N+]=[N-].CCOC(=O)c1cccc(OCC(N=[N+]=[N-])OCCOCC(=O)O)c1.NCCCC(=O)C(F)(F)F. The van der Waals surface area contributed by atoms with Crippen molar-refractivity contribution in [3.05, 3.63) is 80.5 Å². The molecule has 2 atom stereocenters. The van der Waals surface area contributed by atoms with Crippen molar-refractivity contribution >= 4 is 35.2 Å². The number of Topliss-reactive ketones (excluding diaryl/α,β-unsaturated/α-hetero) is 3. The van der Waals surface area contributed by atoms with Gasteiger partial charge in [-0.3, -0.25) is 19.2 Å². The van der Waals surface area contributed by atoms with Gasteiger partial charge in [-0.05, 0) is 74.3 Å². The van der Waals surface area contributed by atoms with Gasteiger partial charge in [0.05, 0.1) is 38.6 Å². The van der Waals surface area contributed by atoms with E-state index in [1.165, 1.54) is 37.3 Å². The molecule has 0 radical (unpaired) electrons. The number of ketones is 3. The fourth-order valence-electron chi connectivity index (χ4n) is 4.13. The van der Waals surface area contributed by atoms with Gasteiger partial charge in [0.2, 0.25) is 11.6 Å². The number of nitrogens with one attached hydrogen (secondary N) is 1. The number of alkyl halides is 6. The summed E-state index contributed by atoms with van der Waals surface area (Å²) in [5.41, 5.74) is 22.5. The number of carbonyl (C=O) groups is 6. The molecular formula is C38H48F6N8O14. The van der Waals surface area contributed by atoms with Crippen LogP contribution in [0.1, 0.15) is 53.8 Å². The third-order valence-corrected chi connectivity index (χ3v) is 7.07. The molecule has 0 spiro atoms. The number of hydrogen-bond acceptors (Lipinski definition) is 16. The van der Waals surface area contributed by atoms with Gasteiger partial charge in [-0.2, -0.15) is 26.3 Å². The molecular weight excluding hydrogens is 906 g/mol. The first-order chi connectivity index (χ1) is 31.2. The largest absolute Gasteiger partial charge is 0.491 e. The Morgan fingerprint density at radius 1 is 0.758 bits per heavy atom. The monoisotopic (exact) mass is 954 g/mol. The number of esters is 1. The molecule has 2 aromatic carbocycles. The lowest BCUT2D eigenvalue weighted by Gasteiger charge is -2.14. The van der Waals surface area contributed by atoms with Crippen molar-refractivity contribution in [3.8, 4) is 11.5 Å². The molecule has 0 fully saturated rings. The van der Waals surface area contributed by atoms with Crippen molar-refractivity contribution in [1.82, 2.24) is 5.32 Å². The summed E-state index contributed by atoms with van der Waals surface area (Å²) < 4.78 is 107. The molecule has 0 aromatic heterocycles. The number of nitrogens with zero attached hydrogens (tertiary/aromatic N) is 6. The summed E-state index contributed by atoms with van der Waals surface area (Å²) in [5.74, 6) is -5.42. The fraction of sp³-hybridized carbons (Fsp3) is 0.526. The third-order valence-electron chi connectivity index (χ3n) is 7.07. The smallest absolute Gasteiger partial charge is 0.450 e. The van der Waals surface area contributed by atoms with Crippen LogP contribution in [0.4, 0.5) is 26.3 Å². The van der Waals surface area contributed by atoms with Gasteiger partial charge in [0, 0.05) is 34.8 Å². The van der Waals surface area contributed by atoms with E-state index in [9.17, 15) is 55.1 Å². The van der Waals surface area contributed by atoms with E-state index in [4.69, 9.17) is 55.1 Å². The van der Waals surface area contributed by atoms with Crippen molar-refractivity contribution in [1.29, 1.82) is 0 Å². The molecule has 0 saturated heterocycles. The zero-order chi connectivity index (χ0) is 50.0. The van der Waals surface area contributed by atoms with Crippen LogP contribution in [0.25, 0.3) is 20.9 Å². The Morgan fingerprint density at radius 3 is 1.70 bits per heavy atom. The lowest BCUT2D eigenvalue weighted by molar-refractivity contribution is -0.171. The maximum atomic E-state index is 12.2. The van der Waals surface area contributed by atoms with E-state index in [1.54, 1.807) is 25.1 Å². The van der Waals surface area contributed by atoms with Gasteiger partial charge in [0.15, 0.2) is 18.2 Å². The average Bonchev–Trinajstić information content (AvgIpc) is 3.26. The topological polar surface area (TPSA) is 323 Å². The van der Waals surface area contributed by atoms with E-state index in [2.05, 4.69) is 25.4 Å². The van der Waals surface area contributed by atoms with Crippen LogP contribution in [0.5, 0.6) is 11.5 Å². The fourth-order valence-corrected chi connectivity index (χ4v) is 4.13. The normalized spacial score (nSPS) is 11.6. The van der Waals surface area contributed by atoms with Crippen molar-refractivity contribution in [2.45, 2.75) is 57.9 Å². The molecule has 2 rings (SSSR count). The second kappa shape index (κ2) is 33.9. The standard InChI is InChI=1S/C18H21F3N4O6.C15H19N3O7.C5H8F3NO/c1-12(26)10-29-7-8-30-16(24-25-22)11-31-14-4-2-3-13(9-14)17(28)23-6-5-15(27)18(19,20)21;1-2-23-15(21)11-4-3-5-12(8-11)25-9-13(17-18-16)24-7-6-22-10-14(19)20;6-5(7,8)4(10)2-1-3-9/h2-4,9,16H,5-8,10-11H2,1H3,(H,23,28);3-5,8,13H,2,6-7,9-10H2,1H3,(H,19,20);1-3,9H2. The van der Waals surface area contributed by atoms with Crippen LogP contribution in [0.2, 0.25) is 0 Å². The van der Waals surface area contributed by atoms with E-state index < -0.39 is 80.2 Å². The summed E-state index contributed by atoms with van der Waals surface area (Å²) in [5, 5.41) is 17.5. The van der Waals surface area contributed by atoms with Gasteiger partial charge in [0.25, 0.3) is 5.91 Å². The van der Waals surface area contributed by atoms with Crippen molar-refractivity contribution < 1.29 is 93.4 Å². The Hall–Kier alpha value is -6.54. The Morgan fingerprint density at radius 2 is 1.24 bits per heavy atom. The molecule has 0 heterocycles. The number of aliphatic carboxylic acids is 1. The van der Waals surface area contributed by atoms with Crippen molar-refractivity contribution in [2.75, 3.05) is 72.6 Å². The Bertz CT molecular complexity index is 1930. The highest BCUT2D eigenvalue weighted by Gasteiger charge is 2.38. The average molecular weight is 955 g/mol. The highest BCUT2D eigenvalue weighted by Crippen LogP contribution is 2.19. The van der Waals surface area contributed by atoms with Crippen LogP contribution >= 0.6 is 0 Å². The number of ether oxygens (including phenoxy) is 7. The summed E-state index contributed by atoms with van der Waals surface area (Å²) in [7, 11) is 0. The molecule has 0 saturated carbocycles. The first-order valence-corrected chi connectivity index (χ1v) is 19.2. The molecule has 0 aliphatic heterocycles. The van der Waals surface area contributed by atoms with E-state index >= 15 is 0 Å². The molecule has 366 valence electrons. The molecule has 0 bridgehead atoms. The maximum absolute atomic E-state index is 12.2. The lowest BCUT2D eigenvalue weighted by Crippen LogP contribution is -2.30. The second-order valence-corrected chi connectivity index (χ2v) is 12.4. The zero-order valence-corrected chi connectivity index (χ0v) is 35.5. The van der Waals surface area contributed by atoms with Crippen LogP contribution in [0.15, 0.2) is 58.8 Å². The molecule has 4 N–H and O–H groups in total.